The molecule has 42 heavy (non-hydrogen) atoms. The lowest BCUT2D eigenvalue weighted by atomic mass is 9.95. The molecule has 224 valence electrons. The molecule has 3 N–H and O–H groups in total. The van der Waals surface area contributed by atoms with Gasteiger partial charge in [-0.25, -0.2) is 4.98 Å². The van der Waals surface area contributed by atoms with Gasteiger partial charge < -0.3 is 30.2 Å². The lowest BCUT2D eigenvalue weighted by molar-refractivity contribution is -0.120. The number of carbonyl (C=O) groups excluding carboxylic acids is 2. The van der Waals surface area contributed by atoms with Crippen molar-refractivity contribution in [3.8, 4) is 28.4 Å². The average molecular weight is 613 g/mol. The number of methoxy groups -OCH3 is 3. The minimum atomic E-state index is -0.672. The highest BCUT2D eigenvalue weighted by Gasteiger charge is 2.30. The first kappa shape index (κ1) is 31.2. The van der Waals surface area contributed by atoms with Crippen LogP contribution in [0.25, 0.3) is 11.1 Å². The minimum absolute atomic E-state index is 0.206. The lowest BCUT2D eigenvalue weighted by Crippen LogP contribution is -2.36. The van der Waals surface area contributed by atoms with Crippen molar-refractivity contribution < 1.29 is 23.8 Å². The second kappa shape index (κ2) is 13.9. The predicted octanol–water partition coefficient (Wildman–Crippen LogP) is 4.80. The Bertz CT molecular complexity index is 1530. The van der Waals surface area contributed by atoms with Gasteiger partial charge in [-0.3, -0.25) is 14.4 Å². The number of hydrogen-bond donors (Lipinski definition) is 3. The third-order valence-electron chi connectivity index (χ3n) is 7.02. The number of carbonyl (C=O) groups is 2. The summed E-state index contributed by atoms with van der Waals surface area (Å²) in [6.45, 7) is 3.32. The quantitative estimate of drug-likeness (QED) is 0.280. The molecule has 0 saturated carbocycles. The first-order valence-corrected chi connectivity index (χ1v) is 15.7. The highest BCUT2D eigenvalue weighted by molar-refractivity contribution is 7.98. The summed E-state index contributed by atoms with van der Waals surface area (Å²) in [4.78, 5) is 43.5. The zero-order valence-corrected chi connectivity index (χ0v) is 26.2. The van der Waals surface area contributed by atoms with Crippen molar-refractivity contribution in [2.45, 2.75) is 45.2 Å². The Hall–Kier alpha value is -3.77. The fourth-order valence-corrected chi connectivity index (χ4v) is 6.29. The molecule has 2 amide bonds. The summed E-state index contributed by atoms with van der Waals surface area (Å²) in [6.07, 6.45) is 3.61. The van der Waals surface area contributed by atoms with Gasteiger partial charge in [-0.2, -0.15) is 11.8 Å². The second-order valence-corrected chi connectivity index (χ2v) is 11.7. The Kier molecular flexibility index (Phi) is 10.3. The van der Waals surface area contributed by atoms with Crippen LogP contribution >= 0.6 is 23.1 Å². The van der Waals surface area contributed by atoms with E-state index in [1.807, 2.05) is 30.7 Å². The van der Waals surface area contributed by atoms with Crippen LogP contribution in [0.5, 0.6) is 17.2 Å². The molecule has 1 aromatic heterocycles. The zero-order chi connectivity index (χ0) is 30.4. The summed E-state index contributed by atoms with van der Waals surface area (Å²) >= 11 is 2.96. The molecular weight excluding hydrogens is 576 g/mol. The molecule has 0 saturated heterocycles. The van der Waals surface area contributed by atoms with Crippen molar-refractivity contribution >= 4 is 45.7 Å². The Morgan fingerprint density at radius 2 is 1.90 bits per heavy atom. The molecule has 0 aliphatic heterocycles. The van der Waals surface area contributed by atoms with Gasteiger partial charge in [0.25, 0.3) is 0 Å². The zero-order valence-electron chi connectivity index (χ0n) is 24.6. The van der Waals surface area contributed by atoms with Crippen molar-refractivity contribution in [1.29, 1.82) is 0 Å². The number of benzene rings is 1. The number of amides is 2. The minimum Gasteiger partial charge on any atom is -0.493 e. The number of hydrogen-bond acceptors (Lipinski definition) is 10. The van der Waals surface area contributed by atoms with E-state index < -0.39 is 12.1 Å². The summed E-state index contributed by atoms with van der Waals surface area (Å²) in [5.41, 5.74) is 3.84. The Morgan fingerprint density at radius 3 is 2.52 bits per heavy atom. The van der Waals surface area contributed by atoms with Crippen LogP contribution in [0.3, 0.4) is 0 Å². The van der Waals surface area contributed by atoms with E-state index in [1.54, 1.807) is 39.2 Å². The van der Waals surface area contributed by atoms with E-state index in [0.717, 1.165) is 16.8 Å². The van der Waals surface area contributed by atoms with Gasteiger partial charge in [0, 0.05) is 17.9 Å². The molecule has 2 atom stereocenters. The van der Waals surface area contributed by atoms with Crippen molar-refractivity contribution in [3.05, 3.63) is 56.7 Å². The number of anilines is 2. The van der Waals surface area contributed by atoms with E-state index in [4.69, 9.17) is 14.2 Å². The first-order valence-electron chi connectivity index (χ1n) is 13.5. The number of thioether (sulfide) groups is 1. The lowest BCUT2D eigenvalue weighted by Gasteiger charge is -2.19. The monoisotopic (exact) mass is 612 g/mol. The molecule has 10 nitrogen and oxygen atoms in total. The largest absolute Gasteiger partial charge is 0.493 e. The van der Waals surface area contributed by atoms with Crippen LogP contribution < -0.4 is 35.6 Å². The molecule has 1 heterocycles. The molecule has 0 bridgehead atoms. The normalized spacial score (nSPS) is 14.5. The van der Waals surface area contributed by atoms with Gasteiger partial charge >= 0.3 is 0 Å². The van der Waals surface area contributed by atoms with E-state index in [9.17, 15) is 14.4 Å². The Balaban J connectivity index is 1.84. The second-order valence-electron chi connectivity index (χ2n) is 9.86. The molecule has 2 unspecified atom stereocenters. The van der Waals surface area contributed by atoms with Crippen molar-refractivity contribution in [1.82, 2.24) is 10.3 Å². The van der Waals surface area contributed by atoms with E-state index in [1.165, 1.54) is 24.3 Å². The van der Waals surface area contributed by atoms with Crippen LogP contribution in [-0.2, 0) is 16.0 Å². The number of ether oxygens (including phenoxy) is 3. The summed E-state index contributed by atoms with van der Waals surface area (Å²) in [6, 6.07) is 5.86. The van der Waals surface area contributed by atoms with Gasteiger partial charge in [-0.1, -0.05) is 6.07 Å². The Morgan fingerprint density at radius 1 is 1.14 bits per heavy atom. The van der Waals surface area contributed by atoms with Gasteiger partial charge in [-0.15, -0.1) is 11.3 Å². The van der Waals surface area contributed by atoms with Crippen molar-refractivity contribution in [3.63, 3.8) is 0 Å². The number of nitrogens with zero attached hydrogens (tertiary/aromatic N) is 1. The summed E-state index contributed by atoms with van der Waals surface area (Å²) in [5.74, 6) is 1.66. The highest BCUT2D eigenvalue weighted by Crippen LogP contribution is 2.50. The molecule has 1 aliphatic carbocycles. The number of aryl methyl sites for hydroxylation is 2. The average Bonchev–Trinajstić information content (AvgIpc) is 3.23. The third-order valence-corrected chi connectivity index (χ3v) is 8.54. The van der Waals surface area contributed by atoms with Crippen LogP contribution in [0, 0.1) is 6.92 Å². The van der Waals surface area contributed by atoms with Crippen LogP contribution in [0.15, 0.2) is 34.4 Å². The number of rotatable bonds is 11. The summed E-state index contributed by atoms with van der Waals surface area (Å²) in [7, 11) is 4.66. The van der Waals surface area contributed by atoms with E-state index in [0.29, 0.717) is 58.5 Å². The predicted molar refractivity (Wildman–Crippen MR) is 169 cm³/mol. The summed E-state index contributed by atoms with van der Waals surface area (Å²) in [5, 5.41) is 11.4. The molecule has 0 fully saturated rings. The van der Waals surface area contributed by atoms with Gasteiger partial charge in [0.2, 0.25) is 23.0 Å². The maximum atomic E-state index is 13.7. The summed E-state index contributed by atoms with van der Waals surface area (Å²) < 4.78 is 17.1. The molecule has 3 aromatic rings. The van der Waals surface area contributed by atoms with Crippen LogP contribution in [0.2, 0.25) is 0 Å². The molecule has 1 aliphatic rings. The highest BCUT2D eigenvalue weighted by atomic mass is 32.2. The van der Waals surface area contributed by atoms with Gasteiger partial charge in [0.1, 0.15) is 6.04 Å². The van der Waals surface area contributed by atoms with Gasteiger partial charge in [0.15, 0.2) is 16.6 Å². The van der Waals surface area contributed by atoms with E-state index in [2.05, 4.69) is 20.9 Å². The smallest absolute Gasteiger partial charge is 0.248 e. The number of thiazole rings is 1. The fraction of sp³-hybridized carbons (Fsp3) is 0.400. The van der Waals surface area contributed by atoms with Crippen LogP contribution in [0.4, 0.5) is 10.8 Å². The van der Waals surface area contributed by atoms with Crippen LogP contribution in [0.1, 0.15) is 42.6 Å². The van der Waals surface area contributed by atoms with Gasteiger partial charge in [0.05, 0.1) is 38.8 Å². The Labute approximate surface area is 253 Å². The van der Waals surface area contributed by atoms with E-state index in [-0.39, 0.29) is 22.9 Å². The maximum Gasteiger partial charge on any atom is 0.248 e. The molecule has 12 heteroatoms. The molecule has 2 aromatic carbocycles. The number of aromatic nitrogens is 1. The van der Waals surface area contributed by atoms with Crippen molar-refractivity contribution in [2.24, 2.45) is 0 Å². The standard InChI is InChI=1S/C30H36N4O6S2/c1-16-15-42-30(31-16)34-29(37)23(11-12-41-6)33-22-10-8-19-20(14-24(22)36)21(32-17(2)35)9-7-18-13-25(38-3)27(39-4)28(40-5)26(18)19/h8,10,13-15,21,23H,7,9,11-12H2,1-6H3,(H,32,35)(H,33,36)(H,31,34,37). The SMILES string of the molecule is COc1cc2c(c(OC)c1OC)-c1ccc(NC(CCSC)C(=O)Nc3nc(C)cs3)c(=O)cc1C(NC(C)=O)CC2. The van der Waals surface area contributed by atoms with Gasteiger partial charge in [-0.05, 0) is 73.1 Å². The molecular formula is C30H36N4O6S2. The van der Waals surface area contributed by atoms with Crippen molar-refractivity contribution in [2.75, 3.05) is 44.0 Å². The maximum absolute atomic E-state index is 13.7. The third kappa shape index (κ3) is 6.81. The molecule has 4 rings (SSSR count). The molecule has 0 spiro atoms. The fourth-order valence-electron chi connectivity index (χ4n) is 5.12. The molecule has 0 radical (unpaired) electrons. The van der Waals surface area contributed by atoms with Crippen LogP contribution in [-0.4, -0.2) is 56.2 Å². The van der Waals surface area contributed by atoms with E-state index >= 15 is 0 Å². The number of nitrogens with one attached hydrogen (secondary N) is 3. The first-order chi connectivity index (χ1) is 20.2. The topological polar surface area (TPSA) is 128 Å². The number of fused-ring (bicyclic) bond motifs is 3.